The molecule has 1 heterocycles. The molecule has 3 rings (SSSR count). The van der Waals surface area contributed by atoms with Gasteiger partial charge in [-0.05, 0) is 25.0 Å². The third-order valence-electron chi connectivity index (χ3n) is 3.06. The van der Waals surface area contributed by atoms with Crippen molar-refractivity contribution in [1.82, 2.24) is 9.78 Å². The van der Waals surface area contributed by atoms with Crippen molar-refractivity contribution in [1.29, 1.82) is 0 Å². The molecule has 1 fully saturated rings. The summed E-state index contributed by atoms with van der Waals surface area (Å²) in [5.41, 5.74) is 0.728. The van der Waals surface area contributed by atoms with Gasteiger partial charge >= 0.3 is 0 Å². The van der Waals surface area contributed by atoms with E-state index in [1.54, 1.807) is 6.07 Å². The van der Waals surface area contributed by atoms with Gasteiger partial charge in [-0.3, -0.25) is 0 Å². The summed E-state index contributed by atoms with van der Waals surface area (Å²) in [6.07, 6.45) is 1.94. The average Bonchev–Trinajstić information content (AvgIpc) is 3.08. The van der Waals surface area contributed by atoms with Gasteiger partial charge in [0.2, 0.25) is 0 Å². The van der Waals surface area contributed by atoms with Crippen molar-refractivity contribution in [2.24, 2.45) is 5.14 Å². The number of benzene rings is 1. The van der Waals surface area contributed by atoms with E-state index in [4.69, 9.17) is 5.14 Å². The lowest BCUT2D eigenvalue weighted by Gasteiger charge is -2.06. The van der Waals surface area contributed by atoms with Crippen molar-refractivity contribution >= 4 is 10.0 Å². The molecule has 1 aromatic carbocycles. The van der Waals surface area contributed by atoms with Crippen LogP contribution in [0.1, 0.15) is 24.5 Å². The van der Waals surface area contributed by atoms with E-state index >= 15 is 0 Å². The lowest BCUT2D eigenvalue weighted by molar-refractivity contribution is 0.577. The van der Waals surface area contributed by atoms with Crippen LogP contribution in [0.25, 0.3) is 5.69 Å². The Morgan fingerprint density at radius 3 is 2.58 bits per heavy atom. The standard InChI is InChI=1S/C12H12FN3O2S/c13-9-3-1-2-4-11(9)16-12(19(14,17)18)7-10(15-16)8-5-6-8/h1-4,7-8H,5-6H2,(H2,14,17,18). The van der Waals surface area contributed by atoms with Crippen LogP contribution in [0.4, 0.5) is 4.39 Å². The molecule has 0 unspecified atom stereocenters. The number of halogens is 1. The Labute approximate surface area is 109 Å². The number of hydrogen-bond donors (Lipinski definition) is 1. The molecule has 1 aliphatic rings. The quantitative estimate of drug-likeness (QED) is 0.926. The third-order valence-corrected chi connectivity index (χ3v) is 3.94. The zero-order valence-electron chi connectivity index (χ0n) is 9.95. The number of nitrogens with two attached hydrogens (primary N) is 1. The number of hydrogen-bond acceptors (Lipinski definition) is 3. The van der Waals surface area contributed by atoms with Crippen LogP contribution in [0, 0.1) is 5.82 Å². The van der Waals surface area contributed by atoms with Crippen LogP contribution in [-0.4, -0.2) is 18.2 Å². The van der Waals surface area contributed by atoms with Crippen LogP contribution in [0.5, 0.6) is 0 Å². The predicted octanol–water partition coefficient (Wildman–Crippen LogP) is 1.54. The van der Waals surface area contributed by atoms with Crippen LogP contribution in [-0.2, 0) is 10.0 Å². The molecule has 0 amide bonds. The Balaban J connectivity index is 2.22. The second-order valence-electron chi connectivity index (χ2n) is 4.59. The molecule has 0 saturated heterocycles. The van der Waals surface area contributed by atoms with E-state index in [0.717, 1.165) is 17.5 Å². The maximum Gasteiger partial charge on any atom is 0.255 e. The van der Waals surface area contributed by atoms with Gasteiger partial charge in [-0.2, -0.15) is 5.10 Å². The molecule has 1 saturated carbocycles. The van der Waals surface area contributed by atoms with E-state index in [2.05, 4.69) is 5.10 Å². The summed E-state index contributed by atoms with van der Waals surface area (Å²) in [6.45, 7) is 0. The van der Waals surface area contributed by atoms with Crippen molar-refractivity contribution < 1.29 is 12.8 Å². The summed E-state index contributed by atoms with van der Waals surface area (Å²) in [7, 11) is -3.95. The Morgan fingerprint density at radius 2 is 2.00 bits per heavy atom. The lowest BCUT2D eigenvalue weighted by atomic mass is 10.3. The van der Waals surface area contributed by atoms with Gasteiger partial charge in [-0.15, -0.1) is 0 Å². The molecule has 1 aliphatic carbocycles. The first kappa shape index (κ1) is 12.3. The maximum atomic E-state index is 13.8. The second-order valence-corrected chi connectivity index (χ2v) is 6.10. The highest BCUT2D eigenvalue weighted by molar-refractivity contribution is 7.89. The summed E-state index contributed by atoms with van der Waals surface area (Å²) in [5, 5.41) is 9.17. The monoisotopic (exact) mass is 281 g/mol. The largest absolute Gasteiger partial charge is 0.255 e. The molecule has 0 aliphatic heterocycles. The molecule has 1 aromatic heterocycles. The molecule has 0 atom stereocenters. The van der Waals surface area contributed by atoms with E-state index in [9.17, 15) is 12.8 Å². The van der Waals surface area contributed by atoms with Crippen LogP contribution in [0.15, 0.2) is 35.4 Å². The molecule has 2 aromatic rings. The normalized spacial score (nSPS) is 15.7. The smallest absolute Gasteiger partial charge is 0.223 e. The topological polar surface area (TPSA) is 78.0 Å². The number of para-hydroxylation sites is 1. The Bertz CT molecular complexity index is 735. The van der Waals surface area contributed by atoms with E-state index in [1.807, 2.05) is 0 Å². The summed E-state index contributed by atoms with van der Waals surface area (Å²) in [6, 6.07) is 7.29. The number of primary sulfonamides is 1. The van der Waals surface area contributed by atoms with Gasteiger partial charge < -0.3 is 0 Å². The fourth-order valence-electron chi connectivity index (χ4n) is 1.96. The van der Waals surface area contributed by atoms with E-state index in [0.29, 0.717) is 5.69 Å². The zero-order chi connectivity index (χ0) is 13.6. The van der Waals surface area contributed by atoms with E-state index in [-0.39, 0.29) is 16.6 Å². The van der Waals surface area contributed by atoms with Crippen LogP contribution in [0.3, 0.4) is 0 Å². The van der Waals surface area contributed by atoms with Gasteiger partial charge in [-0.1, -0.05) is 12.1 Å². The number of rotatable bonds is 3. The highest BCUT2D eigenvalue weighted by atomic mass is 32.2. The first-order valence-electron chi connectivity index (χ1n) is 5.84. The third kappa shape index (κ3) is 2.26. The maximum absolute atomic E-state index is 13.8. The van der Waals surface area contributed by atoms with Gasteiger partial charge in [0.05, 0.1) is 5.69 Å². The van der Waals surface area contributed by atoms with Gasteiger partial charge in [0, 0.05) is 12.0 Å². The zero-order valence-corrected chi connectivity index (χ0v) is 10.8. The van der Waals surface area contributed by atoms with Crippen molar-refractivity contribution in [3.05, 3.63) is 41.8 Å². The first-order valence-corrected chi connectivity index (χ1v) is 7.39. The van der Waals surface area contributed by atoms with Crippen molar-refractivity contribution in [2.45, 2.75) is 23.8 Å². The lowest BCUT2D eigenvalue weighted by Crippen LogP contribution is -2.17. The van der Waals surface area contributed by atoms with Gasteiger partial charge in [0.15, 0.2) is 5.03 Å². The number of sulfonamides is 1. The molecule has 5 nitrogen and oxygen atoms in total. The number of nitrogens with zero attached hydrogens (tertiary/aromatic N) is 2. The molecule has 19 heavy (non-hydrogen) atoms. The second kappa shape index (κ2) is 4.14. The van der Waals surface area contributed by atoms with Crippen molar-refractivity contribution in [3.63, 3.8) is 0 Å². The van der Waals surface area contributed by atoms with Gasteiger partial charge in [-0.25, -0.2) is 22.6 Å². The minimum atomic E-state index is -3.95. The molecule has 0 bridgehead atoms. The minimum Gasteiger partial charge on any atom is -0.223 e. The molecule has 0 spiro atoms. The minimum absolute atomic E-state index is 0.0819. The summed E-state index contributed by atoms with van der Waals surface area (Å²) >= 11 is 0. The SMILES string of the molecule is NS(=O)(=O)c1cc(C2CC2)nn1-c1ccccc1F. The highest BCUT2D eigenvalue weighted by Gasteiger charge is 2.30. The predicted molar refractivity (Wildman–Crippen MR) is 66.9 cm³/mol. The van der Waals surface area contributed by atoms with E-state index in [1.165, 1.54) is 24.3 Å². The Kier molecular flexibility index (Phi) is 2.68. The van der Waals surface area contributed by atoms with Crippen molar-refractivity contribution in [3.8, 4) is 5.69 Å². The van der Waals surface area contributed by atoms with Gasteiger partial charge in [0.25, 0.3) is 10.0 Å². The Morgan fingerprint density at radius 1 is 1.32 bits per heavy atom. The number of aromatic nitrogens is 2. The highest BCUT2D eigenvalue weighted by Crippen LogP contribution is 2.40. The first-order chi connectivity index (χ1) is 8.97. The molecule has 0 radical (unpaired) electrons. The molecule has 100 valence electrons. The Hall–Kier alpha value is -1.73. The average molecular weight is 281 g/mol. The van der Waals surface area contributed by atoms with Crippen molar-refractivity contribution in [2.75, 3.05) is 0 Å². The van der Waals surface area contributed by atoms with Crippen LogP contribution >= 0.6 is 0 Å². The summed E-state index contributed by atoms with van der Waals surface area (Å²) in [4.78, 5) is 0. The fraction of sp³-hybridized carbons (Fsp3) is 0.250. The summed E-state index contributed by atoms with van der Waals surface area (Å²) < 4.78 is 38.0. The molecular formula is C12H12FN3O2S. The molecule has 7 heteroatoms. The molecule has 2 N–H and O–H groups in total. The summed E-state index contributed by atoms with van der Waals surface area (Å²) in [5.74, 6) is -0.286. The van der Waals surface area contributed by atoms with Gasteiger partial charge in [0.1, 0.15) is 11.5 Å². The van der Waals surface area contributed by atoms with Crippen LogP contribution in [0.2, 0.25) is 0 Å². The van der Waals surface area contributed by atoms with Crippen LogP contribution < -0.4 is 5.14 Å². The fourth-order valence-corrected chi connectivity index (χ4v) is 2.62. The van der Waals surface area contributed by atoms with E-state index < -0.39 is 15.8 Å². The molecular weight excluding hydrogens is 269 g/mol.